The van der Waals surface area contributed by atoms with E-state index in [0.717, 1.165) is 31.5 Å². The van der Waals surface area contributed by atoms with Gasteiger partial charge in [-0.05, 0) is 43.0 Å². The van der Waals surface area contributed by atoms with Crippen LogP contribution in [0, 0.1) is 5.41 Å². The Morgan fingerprint density at radius 2 is 1.62 bits per heavy atom. The predicted molar refractivity (Wildman–Crippen MR) is 137 cm³/mol. The zero-order valence-corrected chi connectivity index (χ0v) is 18.9. The number of nitrogens with one attached hydrogen (secondary N) is 2. The van der Waals surface area contributed by atoms with E-state index >= 15 is 0 Å². The van der Waals surface area contributed by atoms with E-state index in [1.807, 2.05) is 18.2 Å². The Kier molecular flexibility index (Phi) is 8.55. The number of nitrogens with zero attached hydrogens (tertiary/aromatic N) is 2. The number of amidine groups is 1. The summed E-state index contributed by atoms with van der Waals surface area (Å²) in [4.78, 5) is 31.9. The molecule has 1 amide bonds. The zero-order valence-electron chi connectivity index (χ0n) is 18.2. The van der Waals surface area contributed by atoms with Gasteiger partial charge in [-0.2, -0.15) is 0 Å². The lowest BCUT2D eigenvalue weighted by Gasteiger charge is -2.29. The molecule has 1 aliphatic heterocycles. The molecule has 3 aromatic rings. The summed E-state index contributed by atoms with van der Waals surface area (Å²) in [6.45, 7) is 1.81. The summed E-state index contributed by atoms with van der Waals surface area (Å²) in [6, 6.07) is 17.5. The lowest BCUT2D eigenvalue weighted by molar-refractivity contribution is 0.0992. The first-order valence-corrected chi connectivity index (χ1v) is 11.4. The van der Waals surface area contributed by atoms with Crippen molar-refractivity contribution in [3.05, 3.63) is 94.1 Å². The Hall–Kier alpha value is -3.51. The molecule has 0 atom stereocenters. The highest BCUT2D eigenvalue weighted by atomic mass is 35.5. The quantitative estimate of drug-likeness (QED) is 0.265. The zero-order chi connectivity index (χ0) is 23.2. The Morgan fingerprint density at radius 1 is 0.941 bits per heavy atom. The molecule has 1 saturated heterocycles. The SMILES string of the molecule is C.N=C(c1ccc(C(=O)Cc2ccccc2C(=O)Nc2ccc(Cl)cn2)cc1)N1CCCCC1. The highest BCUT2D eigenvalue weighted by Crippen LogP contribution is 2.18. The van der Waals surface area contributed by atoms with Gasteiger partial charge < -0.3 is 10.2 Å². The minimum atomic E-state index is -0.335. The highest BCUT2D eigenvalue weighted by molar-refractivity contribution is 6.30. The number of amides is 1. The van der Waals surface area contributed by atoms with Crippen LogP contribution >= 0.6 is 11.6 Å². The molecule has 4 rings (SSSR count). The lowest BCUT2D eigenvalue weighted by Crippen LogP contribution is -2.35. The molecule has 176 valence electrons. The second kappa shape index (κ2) is 11.6. The van der Waals surface area contributed by atoms with Gasteiger partial charge in [0.2, 0.25) is 0 Å². The lowest BCUT2D eigenvalue weighted by atomic mass is 9.97. The maximum atomic E-state index is 12.9. The van der Waals surface area contributed by atoms with E-state index in [-0.39, 0.29) is 25.5 Å². The highest BCUT2D eigenvalue weighted by Gasteiger charge is 2.17. The normalized spacial score (nSPS) is 13.0. The van der Waals surface area contributed by atoms with Crippen LogP contribution in [0.5, 0.6) is 0 Å². The summed E-state index contributed by atoms with van der Waals surface area (Å²) in [5.41, 5.74) is 2.42. The van der Waals surface area contributed by atoms with Crippen molar-refractivity contribution < 1.29 is 9.59 Å². The second-order valence-corrected chi connectivity index (χ2v) is 8.48. The second-order valence-electron chi connectivity index (χ2n) is 8.05. The summed E-state index contributed by atoms with van der Waals surface area (Å²) in [7, 11) is 0. The molecule has 6 nitrogen and oxygen atoms in total. The average molecular weight is 477 g/mol. The molecule has 0 unspecified atom stereocenters. The summed E-state index contributed by atoms with van der Waals surface area (Å²) >= 11 is 5.85. The number of piperidine rings is 1. The van der Waals surface area contributed by atoms with E-state index in [9.17, 15) is 9.59 Å². The standard InChI is InChI=1S/C26H25ClN4O2.CH4/c27-21-12-13-24(29-17-21)30-26(33)22-7-3-2-6-20(22)16-23(32)18-8-10-19(11-9-18)25(28)31-14-4-1-5-15-31;/h2-3,6-13,17,28H,1,4-5,14-16H2,(H,29,30,33);1H4. The number of carbonyl (C=O) groups excluding carboxylic acids is 2. The van der Waals surface area contributed by atoms with Gasteiger partial charge in [-0.1, -0.05) is 61.5 Å². The predicted octanol–water partition coefficient (Wildman–Crippen LogP) is 5.86. The number of carbonyl (C=O) groups is 2. The van der Waals surface area contributed by atoms with E-state index in [2.05, 4.69) is 15.2 Å². The van der Waals surface area contributed by atoms with Gasteiger partial charge in [0.25, 0.3) is 5.91 Å². The number of halogens is 1. The van der Waals surface area contributed by atoms with Gasteiger partial charge in [0.1, 0.15) is 11.7 Å². The molecule has 0 bridgehead atoms. The number of likely N-dealkylation sites (tertiary alicyclic amines) is 1. The molecule has 1 fully saturated rings. The molecular weight excluding hydrogens is 448 g/mol. The third kappa shape index (κ3) is 6.08. The summed E-state index contributed by atoms with van der Waals surface area (Å²) in [5, 5.41) is 11.7. The Bertz CT molecular complexity index is 1150. The summed E-state index contributed by atoms with van der Waals surface area (Å²) in [5.74, 6) is 0.471. The van der Waals surface area contributed by atoms with Crippen LogP contribution in [0.1, 0.15) is 58.5 Å². The van der Waals surface area contributed by atoms with Gasteiger partial charge in [-0.3, -0.25) is 15.0 Å². The van der Waals surface area contributed by atoms with Crippen molar-refractivity contribution in [2.45, 2.75) is 33.1 Å². The fraction of sp³-hybridized carbons (Fsp3) is 0.259. The minimum Gasteiger partial charge on any atom is -0.357 e. The number of ketones is 1. The fourth-order valence-corrected chi connectivity index (χ4v) is 4.03. The van der Waals surface area contributed by atoms with Crippen LogP contribution in [-0.4, -0.2) is 40.5 Å². The fourth-order valence-electron chi connectivity index (χ4n) is 3.92. The van der Waals surface area contributed by atoms with Gasteiger partial charge in [0.05, 0.1) is 5.02 Å². The van der Waals surface area contributed by atoms with Crippen LogP contribution in [0.15, 0.2) is 66.9 Å². The molecule has 2 heterocycles. The summed E-state index contributed by atoms with van der Waals surface area (Å²) in [6.07, 6.45) is 4.99. The van der Waals surface area contributed by atoms with Crippen LogP contribution in [-0.2, 0) is 6.42 Å². The molecular formula is C27H29ClN4O2. The van der Waals surface area contributed by atoms with Crippen molar-refractivity contribution in [3.63, 3.8) is 0 Å². The Balaban J connectivity index is 0.00000324. The molecule has 0 radical (unpaired) electrons. The van der Waals surface area contributed by atoms with E-state index in [1.165, 1.54) is 12.6 Å². The topological polar surface area (TPSA) is 86.1 Å². The number of Topliss-reactive ketones (excluding diaryl/α,β-unsaturated/α-hetero) is 1. The summed E-state index contributed by atoms with van der Waals surface area (Å²) < 4.78 is 0. The first-order valence-electron chi connectivity index (χ1n) is 11.0. The van der Waals surface area contributed by atoms with Crippen LogP contribution in [0.3, 0.4) is 0 Å². The van der Waals surface area contributed by atoms with Crippen LogP contribution in [0.4, 0.5) is 5.82 Å². The molecule has 0 saturated carbocycles. The number of aromatic nitrogens is 1. The molecule has 2 aromatic carbocycles. The van der Waals surface area contributed by atoms with Crippen molar-refractivity contribution in [1.29, 1.82) is 5.41 Å². The number of hydrogen-bond acceptors (Lipinski definition) is 4. The van der Waals surface area contributed by atoms with E-state index < -0.39 is 0 Å². The van der Waals surface area contributed by atoms with Crippen molar-refractivity contribution in [1.82, 2.24) is 9.88 Å². The number of hydrogen-bond donors (Lipinski definition) is 2. The van der Waals surface area contributed by atoms with Crippen LogP contribution in [0.2, 0.25) is 5.02 Å². The van der Waals surface area contributed by atoms with Crippen LogP contribution in [0.25, 0.3) is 0 Å². The molecule has 2 N–H and O–H groups in total. The van der Waals surface area contributed by atoms with Gasteiger partial charge in [-0.15, -0.1) is 0 Å². The van der Waals surface area contributed by atoms with Gasteiger partial charge in [0, 0.05) is 42.4 Å². The molecule has 1 aliphatic rings. The number of rotatable bonds is 6. The molecule has 7 heteroatoms. The average Bonchev–Trinajstić information content (AvgIpc) is 2.86. The third-order valence-electron chi connectivity index (χ3n) is 5.73. The molecule has 34 heavy (non-hydrogen) atoms. The smallest absolute Gasteiger partial charge is 0.257 e. The molecule has 0 spiro atoms. The maximum absolute atomic E-state index is 12.9. The van der Waals surface area contributed by atoms with Gasteiger partial charge in [0.15, 0.2) is 5.78 Å². The van der Waals surface area contributed by atoms with Crippen molar-refractivity contribution >= 4 is 34.9 Å². The van der Waals surface area contributed by atoms with E-state index in [0.29, 0.717) is 33.4 Å². The molecule has 1 aromatic heterocycles. The van der Waals surface area contributed by atoms with E-state index in [4.69, 9.17) is 17.0 Å². The monoisotopic (exact) mass is 476 g/mol. The van der Waals surface area contributed by atoms with Crippen molar-refractivity contribution in [2.24, 2.45) is 0 Å². The number of benzene rings is 2. The third-order valence-corrected chi connectivity index (χ3v) is 5.96. The van der Waals surface area contributed by atoms with Gasteiger partial charge >= 0.3 is 0 Å². The van der Waals surface area contributed by atoms with Gasteiger partial charge in [-0.25, -0.2) is 4.98 Å². The molecule has 0 aliphatic carbocycles. The Labute approximate surface area is 205 Å². The first kappa shape index (κ1) is 25.1. The maximum Gasteiger partial charge on any atom is 0.257 e. The number of pyridine rings is 1. The number of anilines is 1. The Morgan fingerprint density at radius 3 is 2.29 bits per heavy atom. The van der Waals surface area contributed by atoms with Crippen LogP contribution < -0.4 is 5.32 Å². The van der Waals surface area contributed by atoms with E-state index in [1.54, 1.807) is 42.5 Å². The minimum absolute atomic E-state index is 0. The van der Waals surface area contributed by atoms with Crippen molar-refractivity contribution in [3.8, 4) is 0 Å². The first-order chi connectivity index (χ1) is 16.0. The largest absolute Gasteiger partial charge is 0.357 e. The van der Waals surface area contributed by atoms with Crippen molar-refractivity contribution in [2.75, 3.05) is 18.4 Å².